The van der Waals surface area contributed by atoms with Crippen LogP contribution in [0.25, 0.3) is 0 Å². The number of hydrogen-bond acceptors (Lipinski definition) is 6. The van der Waals surface area contributed by atoms with Crippen molar-refractivity contribution < 1.29 is 29.3 Å². The predicted octanol–water partition coefficient (Wildman–Crippen LogP) is 0.395. The van der Waals surface area contributed by atoms with Crippen molar-refractivity contribution in [1.82, 2.24) is 0 Å². The first-order chi connectivity index (χ1) is 8.14. The summed E-state index contributed by atoms with van der Waals surface area (Å²) in [5.41, 5.74) is -2.78. The summed E-state index contributed by atoms with van der Waals surface area (Å²) in [4.78, 5) is 22.7. The highest BCUT2D eigenvalue weighted by molar-refractivity contribution is 5.85. The molecule has 0 saturated carbocycles. The lowest BCUT2D eigenvalue weighted by Gasteiger charge is -2.25. The van der Waals surface area contributed by atoms with Gasteiger partial charge in [0.1, 0.15) is 0 Å². The summed E-state index contributed by atoms with van der Waals surface area (Å²) in [6.07, 6.45) is 0.348. The highest BCUT2D eigenvalue weighted by Gasteiger charge is 2.39. The summed E-state index contributed by atoms with van der Waals surface area (Å²) in [6, 6.07) is 0. The average molecular weight is 262 g/mol. The topological polar surface area (TPSA) is 93.1 Å². The minimum absolute atomic E-state index is 0.0266. The molecule has 6 heteroatoms. The summed E-state index contributed by atoms with van der Waals surface area (Å²) in [5, 5.41) is 19.7. The van der Waals surface area contributed by atoms with Crippen LogP contribution < -0.4 is 0 Å². The number of ether oxygens (including phenoxy) is 2. The molecule has 0 heterocycles. The monoisotopic (exact) mass is 262 g/mol. The summed E-state index contributed by atoms with van der Waals surface area (Å²) < 4.78 is 8.92. The van der Waals surface area contributed by atoms with Crippen LogP contribution in [0.3, 0.4) is 0 Å². The number of methoxy groups -OCH3 is 2. The third kappa shape index (κ3) is 5.97. The molecule has 0 fully saturated rings. The second kappa shape index (κ2) is 6.70. The van der Waals surface area contributed by atoms with Gasteiger partial charge in [-0.1, -0.05) is 0 Å². The first kappa shape index (κ1) is 16.9. The smallest absolute Gasteiger partial charge is 0.338 e. The fourth-order valence-electron chi connectivity index (χ4n) is 1.58. The number of carbonyl (C=O) groups excluding carboxylic acids is 2. The number of carbonyl (C=O) groups is 2. The molecule has 0 unspecified atom stereocenters. The molecule has 0 aliphatic heterocycles. The molecular weight excluding hydrogens is 240 g/mol. The van der Waals surface area contributed by atoms with Gasteiger partial charge in [0.05, 0.1) is 26.2 Å². The van der Waals surface area contributed by atoms with Gasteiger partial charge in [-0.3, -0.25) is 4.79 Å². The van der Waals surface area contributed by atoms with Gasteiger partial charge in [0.25, 0.3) is 0 Å². The quantitative estimate of drug-likeness (QED) is 0.645. The molecule has 0 aromatic heterocycles. The van der Waals surface area contributed by atoms with E-state index in [0.717, 1.165) is 7.11 Å². The van der Waals surface area contributed by atoms with E-state index in [9.17, 15) is 19.8 Å². The number of rotatable bonds is 7. The normalized spacial score (nSPS) is 14.8. The van der Waals surface area contributed by atoms with Gasteiger partial charge >= 0.3 is 11.9 Å². The molecule has 6 nitrogen and oxygen atoms in total. The molecule has 2 N–H and O–H groups in total. The molecule has 0 rings (SSSR count). The number of hydrogen-bond donors (Lipinski definition) is 2. The van der Waals surface area contributed by atoms with Crippen molar-refractivity contribution in [3.63, 3.8) is 0 Å². The van der Waals surface area contributed by atoms with E-state index in [0.29, 0.717) is 12.8 Å². The van der Waals surface area contributed by atoms with E-state index in [1.807, 2.05) is 0 Å². The van der Waals surface area contributed by atoms with Crippen LogP contribution in [0.2, 0.25) is 0 Å². The Morgan fingerprint density at radius 1 is 1.06 bits per heavy atom. The summed E-state index contributed by atoms with van der Waals surface area (Å²) in [5.74, 6) is -1.56. The van der Waals surface area contributed by atoms with Gasteiger partial charge in [-0.25, -0.2) is 4.79 Å². The first-order valence-electron chi connectivity index (χ1n) is 5.74. The molecule has 0 aromatic rings. The van der Waals surface area contributed by atoms with Crippen molar-refractivity contribution >= 4 is 11.9 Å². The van der Waals surface area contributed by atoms with Gasteiger partial charge in [0, 0.05) is 0 Å². The summed E-state index contributed by atoms with van der Waals surface area (Å²) in [7, 11) is 2.32. The van der Waals surface area contributed by atoms with Gasteiger partial charge < -0.3 is 19.7 Å². The van der Waals surface area contributed by atoms with E-state index in [1.54, 1.807) is 13.8 Å². The Morgan fingerprint density at radius 2 is 1.61 bits per heavy atom. The Hall–Kier alpha value is -1.14. The molecule has 1 atom stereocenters. The largest absolute Gasteiger partial charge is 0.469 e. The number of esters is 2. The molecule has 0 bridgehead atoms. The summed E-state index contributed by atoms with van der Waals surface area (Å²) >= 11 is 0. The lowest BCUT2D eigenvalue weighted by Crippen LogP contribution is -2.42. The zero-order valence-electron chi connectivity index (χ0n) is 11.4. The minimum atomic E-state index is -1.90. The standard InChI is InChI=1S/C12H22O6/c1-11(2,15)6-5-7-12(16,10(14)18-4)8-9(13)17-3/h15-16H,5-8H2,1-4H3/t12-/m1/s1. The van der Waals surface area contributed by atoms with Crippen LogP contribution in [0.1, 0.15) is 39.5 Å². The van der Waals surface area contributed by atoms with Crippen molar-refractivity contribution in [2.75, 3.05) is 14.2 Å². The molecule has 0 aliphatic carbocycles. The second-order valence-corrected chi connectivity index (χ2v) is 4.94. The van der Waals surface area contributed by atoms with Crippen molar-refractivity contribution in [2.45, 2.75) is 50.7 Å². The van der Waals surface area contributed by atoms with E-state index in [1.165, 1.54) is 7.11 Å². The van der Waals surface area contributed by atoms with Gasteiger partial charge in [-0.2, -0.15) is 0 Å². The molecule has 0 spiro atoms. The molecule has 0 amide bonds. The maximum absolute atomic E-state index is 11.5. The maximum Gasteiger partial charge on any atom is 0.338 e. The van der Waals surface area contributed by atoms with E-state index in [2.05, 4.69) is 9.47 Å². The van der Waals surface area contributed by atoms with Crippen LogP contribution in [0.15, 0.2) is 0 Å². The molecule has 18 heavy (non-hydrogen) atoms. The molecule has 0 aliphatic rings. The lowest BCUT2D eigenvalue weighted by molar-refractivity contribution is -0.170. The van der Waals surface area contributed by atoms with Crippen LogP contribution in [0.4, 0.5) is 0 Å². The van der Waals surface area contributed by atoms with Crippen LogP contribution >= 0.6 is 0 Å². The van der Waals surface area contributed by atoms with Crippen LogP contribution in [-0.2, 0) is 19.1 Å². The van der Waals surface area contributed by atoms with Gasteiger partial charge in [0.15, 0.2) is 5.60 Å². The zero-order chi connectivity index (χ0) is 14.4. The first-order valence-corrected chi connectivity index (χ1v) is 5.74. The molecule has 106 valence electrons. The Morgan fingerprint density at radius 3 is 2.00 bits per heavy atom. The van der Waals surface area contributed by atoms with Crippen LogP contribution in [0, 0.1) is 0 Å². The third-order valence-corrected chi connectivity index (χ3v) is 2.61. The van der Waals surface area contributed by atoms with Crippen molar-refractivity contribution in [2.24, 2.45) is 0 Å². The zero-order valence-corrected chi connectivity index (χ0v) is 11.4. The average Bonchev–Trinajstić information content (AvgIpc) is 2.25. The molecule has 0 radical (unpaired) electrons. The minimum Gasteiger partial charge on any atom is -0.469 e. The Balaban J connectivity index is 4.58. The maximum atomic E-state index is 11.5. The Labute approximate surface area is 107 Å². The lowest BCUT2D eigenvalue weighted by atomic mass is 9.90. The van der Waals surface area contributed by atoms with E-state index in [-0.39, 0.29) is 6.42 Å². The highest BCUT2D eigenvalue weighted by atomic mass is 16.5. The van der Waals surface area contributed by atoms with Gasteiger partial charge in [-0.05, 0) is 33.1 Å². The SMILES string of the molecule is COC(=O)C[C@](O)(CCCC(C)(C)O)C(=O)OC. The summed E-state index contributed by atoms with van der Waals surface area (Å²) in [6.45, 7) is 3.26. The van der Waals surface area contributed by atoms with E-state index < -0.39 is 29.6 Å². The molecule has 0 saturated heterocycles. The molecular formula is C12H22O6. The second-order valence-electron chi connectivity index (χ2n) is 4.94. The fraction of sp³-hybridized carbons (Fsp3) is 0.833. The number of aliphatic hydroxyl groups is 2. The van der Waals surface area contributed by atoms with Crippen molar-refractivity contribution in [3.8, 4) is 0 Å². The predicted molar refractivity (Wildman–Crippen MR) is 63.7 cm³/mol. The molecule has 0 aromatic carbocycles. The van der Waals surface area contributed by atoms with Crippen molar-refractivity contribution in [3.05, 3.63) is 0 Å². The van der Waals surface area contributed by atoms with Crippen molar-refractivity contribution in [1.29, 1.82) is 0 Å². The van der Waals surface area contributed by atoms with Crippen LogP contribution in [0.5, 0.6) is 0 Å². The third-order valence-electron chi connectivity index (χ3n) is 2.61. The Kier molecular flexibility index (Phi) is 6.28. The van der Waals surface area contributed by atoms with Gasteiger partial charge in [0.2, 0.25) is 0 Å². The highest BCUT2D eigenvalue weighted by Crippen LogP contribution is 2.23. The van der Waals surface area contributed by atoms with Crippen LogP contribution in [-0.4, -0.2) is 47.6 Å². The fourth-order valence-corrected chi connectivity index (χ4v) is 1.58. The van der Waals surface area contributed by atoms with Gasteiger partial charge in [-0.15, -0.1) is 0 Å². The van der Waals surface area contributed by atoms with E-state index in [4.69, 9.17) is 0 Å². The Bertz CT molecular complexity index is 293. The van der Waals surface area contributed by atoms with E-state index >= 15 is 0 Å².